The van der Waals surface area contributed by atoms with Gasteiger partial charge in [-0.15, -0.1) is 5.10 Å². The Bertz CT molecular complexity index is 1150. The molecule has 2 heterocycles. The van der Waals surface area contributed by atoms with Crippen LogP contribution in [0.2, 0.25) is 0 Å². The number of rotatable bonds is 5. The molecule has 0 unspecified atom stereocenters. The maximum absolute atomic E-state index is 5.67. The van der Waals surface area contributed by atoms with E-state index in [2.05, 4.69) is 39.0 Å². The first-order chi connectivity index (χ1) is 12.6. The maximum Gasteiger partial charge on any atom is 0.216 e. The van der Waals surface area contributed by atoms with E-state index in [0.29, 0.717) is 11.4 Å². The third kappa shape index (κ3) is 3.18. The smallest absolute Gasteiger partial charge is 0.216 e. The van der Waals surface area contributed by atoms with Gasteiger partial charge in [0.2, 0.25) is 9.73 Å². The van der Waals surface area contributed by atoms with Gasteiger partial charge in [-0.05, 0) is 49.6 Å². The van der Waals surface area contributed by atoms with Gasteiger partial charge in [-0.25, -0.2) is 4.68 Å². The van der Waals surface area contributed by atoms with Gasteiger partial charge in [-0.3, -0.25) is 9.30 Å². The minimum absolute atomic E-state index is 0.608. The Morgan fingerprint density at radius 3 is 2.88 bits per heavy atom. The van der Waals surface area contributed by atoms with Crippen molar-refractivity contribution in [1.29, 1.82) is 0 Å². The fraction of sp³-hybridized carbons (Fsp3) is 0.222. The molecule has 0 amide bonds. The summed E-state index contributed by atoms with van der Waals surface area (Å²) in [4.78, 5) is 3.09. The highest BCUT2D eigenvalue weighted by atomic mass is 79.9. The monoisotopic (exact) mass is 448 g/mol. The first-order valence-electron chi connectivity index (χ1n) is 8.05. The molecule has 0 N–H and O–H groups in total. The van der Waals surface area contributed by atoms with Gasteiger partial charge >= 0.3 is 0 Å². The lowest BCUT2D eigenvalue weighted by atomic mass is 10.2. The molecule has 0 radical (unpaired) electrons. The molecule has 2 aromatic carbocycles. The normalized spacial score (nSPS) is 11.7. The average Bonchev–Trinajstić information content (AvgIpc) is 3.12. The number of methoxy groups -OCH3 is 1. The summed E-state index contributed by atoms with van der Waals surface area (Å²) in [5, 5.41) is 4.70. The molecule has 0 aliphatic rings. The predicted octanol–water partition coefficient (Wildman–Crippen LogP) is 4.94. The van der Waals surface area contributed by atoms with Gasteiger partial charge in [-0.1, -0.05) is 39.4 Å². The summed E-state index contributed by atoms with van der Waals surface area (Å²) in [6.45, 7) is 1.34. The molecular formula is C18H17BrN4OS2. The largest absolute Gasteiger partial charge is 0.496 e. The minimum Gasteiger partial charge on any atom is -0.496 e. The topological polar surface area (TPSA) is 34.7 Å². The Morgan fingerprint density at radius 2 is 2.08 bits per heavy atom. The second-order valence-electron chi connectivity index (χ2n) is 6.08. The third-order valence-corrected chi connectivity index (χ3v) is 6.07. The summed E-state index contributed by atoms with van der Waals surface area (Å²) in [5.41, 5.74) is 2.22. The number of halogens is 1. The van der Waals surface area contributed by atoms with E-state index < -0.39 is 0 Å². The molecule has 26 heavy (non-hydrogen) atoms. The molecular weight excluding hydrogens is 432 g/mol. The van der Waals surface area contributed by atoms with Crippen LogP contribution >= 0.6 is 39.5 Å². The molecule has 2 aromatic heterocycles. The van der Waals surface area contributed by atoms with Crippen LogP contribution in [0, 0.1) is 4.77 Å². The highest BCUT2D eigenvalue weighted by Gasteiger charge is 2.13. The molecule has 0 fully saturated rings. The van der Waals surface area contributed by atoms with Crippen molar-refractivity contribution < 1.29 is 4.74 Å². The first kappa shape index (κ1) is 17.7. The zero-order chi connectivity index (χ0) is 18.3. The van der Waals surface area contributed by atoms with Crippen molar-refractivity contribution >= 4 is 54.7 Å². The number of ether oxygens (including phenoxy) is 1. The Hall–Kier alpha value is -1.74. The molecule has 0 aliphatic carbocycles. The van der Waals surface area contributed by atoms with Gasteiger partial charge in [-0.2, -0.15) is 0 Å². The van der Waals surface area contributed by atoms with Crippen molar-refractivity contribution in [3.05, 3.63) is 57.3 Å². The maximum atomic E-state index is 5.67. The molecule has 0 saturated heterocycles. The molecule has 4 rings (SSSR count). The second kappa shape index (κ2) is 7.11. The molecule has 8 heteroatoms. The number of para-hydroxylation sites is 1. The number of nitrogens with zero attached hydrogens (tertiary/aromatic N) is 4. The Kier molecular flexibility index (Phi) is 4.83. The summed E-state index contributed by atoms with van der Waals surface area (Å²) < 4.78 is 12.3. The van der Waals surface area contributed by atoms with Crippen LogP contribution in [0.15, 0.2) is 46.9 Å². The Morgan fingerprint density at radius 1 is 1.27 bits per heavy atom. The number of hydrogen-bond acceptors (Lipinski definition) is 5. The van der Waals surface area contributed by atoms with Crippen LogP contribution in [-0.2, 0) is 13.2 Å². The van der Waals surface area contributed by atoms with E-state index in [1.165, 1.54) is 4.70 Å². The Balaban J connectivity index is 1.62. The standard InChI is InChI=1S/C18H17BrN4OS2/c1-21(10-12-9-13(19)7-8-15(12)24-2)11-22-18(25)23-14-5-3-4-6-16(14)26-17(23)20-22/h3-9H,10-11H2,1-2H3. The van der Waals surface area contributed by atoms with E-state index in [1.54, 1.807) is 18.4 Å². The van der Waals surface area contributed by atoms with Crippen molar-refractivity contribution in [3.63, 3.8) is 0 Å². The molecule has 0 saturated carbocycles. The molecule has 4 aromatic rings. The van der Waals surface area contributed by atoms with E-state index in [1.807, 2.05) is 40.4 Å². The molecule has 0 atom stereocenters. The van der Waals surface area contributed by atoms with Gasteiger partial charge in [0.1, 0.15) is 5.75 Å². The van der Waals surface area contributed by atoms with Gasteiger partial charge in [0.05, 0.1) is 24.0 Å². The van der Waals surface area contributed by atoms with Crippen LogP contribution in [0.5, 0.6) is 5.75 Å². The summed E-state index contributed by atoms with van der Waals surface area (Å²) >= 11 is 10.9. The number of hydrogen-bond donors (Lipinski definition) is 0. The van der Waals surface area contributed by atoms with E-state index in [0.717, 1.165) is 32.8 Å². The molecule has 134 valence electrons. The highest BCUT2D eigenvalue weighted by Crippen LogP contribution is 2.26. The quantitative estimate of drug-likeness (QED) is 0.405. The van der Waals surface area contributed by atoms with E-state index >= 15 is 0 Å². The van der Waals surface area contributed by atoms with Crippen molar-refractivity contribution in [1.82, 2.24) is 19.1 Å². The van der Waals surface area contributed by atoms with Gasteiger partial charge in [0.15, 0.2) is 0 Å². The fourth-order valence-electron chi connectivity index (χ4n) is 3.02. The lowest BCUT2D eigenvalue weighted by Crippen LogP contribution is -2.22. The van der Waals surface area contributed by atoms with Crippen molar-refractivity contribution in [2.45, 2.75) is 13.2 Å². The van der Waals surface area contributed by atoms with E-state index in [-0.39, 0.29) is 0 Å². The number of thiazole rings is 1. The lowest BCUT2D eigenvalue weighted by molar-refractivity contribution is 0.241. The van der Waals surface area contributed by atoms with Crippen molar-refractivity contribution in [2.24, 2.45) is 0 Å². The summed E-state index contributed by atoms with van der Waals surface area (Å²) in [5.74, 6) is 0.875. The van der Waals surface area contributed by atoms with Crippen LogP contribution in [-0.4, -0.2) is 33.2 Å². The van der Waals surface area contributed by atoms with Gasteiger partial charge < -0.3 is 4.74 Å². The SMILES string of the molecule is COc1ccc(Br)cc1CN(C)Cn1nc2sc3ccccc3n2c1=S. The first-order valence-corrected chi connectivity index (χ1v) is 10.1. The highest BCUT2D eigenvalue weighted by molar-refractivity contribution is 9.10. The van der Waals surface area contributed by atoms with Crippen LogP contribution in [0.3, 0.4) is 0 Å². The molecule has 0 spiro atoms. The van der Waals surface area contributed by atoms with Crippen molar-refractivity contribution in [2.75, 3.05) is 14.2 Å². The van der Waals surface area contributed by atoms with Crippen molar-refractivity contribution in [3.8, 4) is 5.75 Å². The van der Waals surface area contributed by atoms with Crippen LogP contribution < -0.4 is 4.74 Å². The minimum atomic E-state index is 0.608. The third-order valence-electron chi connectivity index (χ3n) is 4.18. The molecule has 0 aliphatic heterocycles. The summed E-state index contributed by atoms with van der Waals surface area (Å²) in [7, 11) is 3.74. The fourth-order valence-corrected chi connectivity index (χ4v) is 4.79. The predicted molar refractivity (Wildman–Crippen MR) is 112 cm³/mol. The van der Waals surface area contributed by atoms with Crippen LogP contribution in [0.1, 0.15) is 5.56 Å². The van der Waals surface area contributed by atoms with Crippen LogP contribution in [0.4, 0.5) is 0 Å². The zero-order valence-electron chi connectivity index (χ0n) is 14.3. The molecule has 0 bridgehead atoms. The number of aromatic nitrogens is 3. The molecule has 5 nitrogen and oxygen atoms in total. The number of benzene rings is 2. The van der Waals surface area contributed by atoms with E-state index in [9.17, 15) is 0 Å². The second-order valence-corrected chi connectivity index (χ2v) is 8.37. The zero-order valence-corrected chi connectivity index (χ0v) is 17.6. The lowest BCUT2D eigenvalue weighted by Gasteiger charge is -2.18. The van der Waals surface area contributed by atoms with Gasteiger partial charge in [0.25, 0.3) is 0 Å². The van der Waals surface area contributed by atoms with E-state index in [4.69, 9.17) is 22.1 Å². The summed E-state index contributed by atoms with van der Waals surface area (Å²) in [6, 6.07) is 14.3. The number of fused-ring (bicyclic) bond motifs is 3. The Labute approximate surface area is 168 Å². The summed E-state index contributed by atoms with van der Waals surface area (Å²) in [6.07, 6.45) is 0. The average molecular weight is 449 g/mol. The van der Waals surface area contributed by atoms with Crippen LogP contribution in [0.25, 0.3) is 15.2 Å². The van der Waals surface area contributed by atoms with Gasteiger partial charge in [0, 0.05) is 16.6 Å².